The van der Waals surface area contributed by atoms with Crippen molar-refractivity contribution in [2.45, 2.75) is 13.3 Å². The van der Waals surface area contributed by atoms with Gasteiger partial charge in [-0.25, -0.2) is 14.5 Å². The summed E-state index contributed by atoms with van der Waals surface area (Å²) in [6, 6.07) is 7.18. The van der Waals surface area contributed by atoms with Crippen LogP contribution in [0.15, 0.2) is 42.9 Å². The first kappa shape index (κ1) is 17.0. The number of nitrogens with one attached hydrogen (secondary N) is 1. The van der Waals surface area contributed by atoms with Crippen LogP contribution in [-0.2, 0) is 4.79 Å². The largest absolute Gasteiger partial charge is 0.481 e. The summed E-state index contributed by atoms with van der Waals surface area (Å²) < 4.78 is 1.53. The molecule has 2 N–H and O–H groups in total. The number of rotatable bonds is 3. The molecule has 9 heteroatoms. The molecule has 2 aromatic heterocycles. The predicted octanol–water partition coefficient (Wildman–Crippen LogP) is 2.14. The number of hydrogen-bond acceptors (Lipinski definition) is 5. The van der Waals surface area contributed by atoms with Gasteiger partial charge in [-0.05, 0) is 25.5 Å². The van der Waals surface area contributed by atoms with E-state index >= 15 is 0 Å². The Balaban J connectivity index is 1.48. The lowest BCUT2D eigenvalue weighted by molar-refractivity contribution is -0.146. The summed E-state index contributed by atoms with van der Waals surface area (Å²) in [5.41, 5.74) is 1.14. The van der Waals surface area contributed by atoms with Crippen LogP contribution in [0.2, 0.25) is 0 Å². The summed E-state index contributed by atoms with van der Waals surface area (Å²) in [5.74, 6) is -0.352. The van der Waals surface area contributed by atoms with Gasteiger partial charge in [0.15, 0.2) is 5.82 Å². The molecular formula is C18H18N6O3. The average molecular weight is 366 g/mol. The summed E-state index contributed by atoms with van der Waals surface area (Å²) in [6.45, 7) is 2.23. The third-order valence-electron chi connectivity index (χ3n) is 4.78. The van der Waals surface area contributed by atoms with Gasteiger partial charge in [0.2, 0.25) is 0 Å². The van der Waals surface area contributed by atoms with E-state index in [0.717, 1.165) is 11.0 Å². The molecule has 1 fully saturated rings. The van der Waals surface area contributed by atoms with Crippen LogP contribution in [0, 0.1) is 5.41 Å². The highest BCUT2D eigenvalue weighted by Gasteiger charge is 2.42. The van der Waals surface area contributed by atoms with Crippen LogP contribution in [0.1, 0.15) is 13.3 Å². The second kappa shape index (κ2) is 6.35. The van der Waals surface area contributed by atoms with Crippen molar-refractivity contribution in [3.8, 4) is 5.82 Å². The van der Waals surface area contributed by atoms with E-state index in [-0.39, 0.29) is 12.6 Å². The van der Waals surface area contributed by atoms with Gasteiger partial charge in [0, 0.05) is 13.1 Å². The second-order valence-corrected chi connectivity index (χ2v) is 6.86. The van der Waals surface area contributed by atoms with Gasteiger partial charge < -0.3 is 15.3 Å². The predicted molar refractivity (Wildman–Crippen MR) is 97.6 cm³/mol. The lowest BCUT2D eigenvalue weighted by Gasteiger charge is -2.20. The van der Waals surface area contributed by atoms with Crippen LogP contribution in [0.3, 0.4) is 0 Å². The minimum atomic E-state index is -0.901. The molecule has 0 aliphatic carbocycles. The van der Waals surface area contributed by atoms with Crippen LogP contribution >= 0.6 is 0 Å². The highest BCUT2D eigenvalue weighted by atomic mass is 16.4. The number of aliphatic carboxylic acids is 1. The van der Waals surface area contributed by atoms with Crippen molar-refractivity contribution in [3.63, 3.8) is 0 Å². The summed E-state index contributed by atoms with van der Waals surface area (Å²) in [4.78, 5) is 34.1. The first-order valence-corrected chi connectivity index (χ1v) is 8.51. The SMILES string of the molecule is CC1(C(=O)O)CCN(C(=O)Nc2cnn(-c3cnc4ccccc4n3)c2)C1. The monoisotopic (exact) mass is 366 g/mol. The van der Waals surface area contributed by atoms with Crippen molar-refractivity contribution >= 4 is 28.7 Å². The number of nitrogens with zero attached hydrogens (tertiary/aromatic N) is 5. The number of benzene rings is 1. The molecule has 1 aliphatic rings. The number of amides is 2. The van der Waals surface area contributed by atoms with E-state index in [1.54, 1.807) is 19.3 Å². The van der Waals surface area contributed by atoms with Crippen molar-refractivity contribution in [1.82, 2.24) is 24.6 Å². The fraction of sp³-hybridized carbons (Fsp3) is 0.278. The highest BCUT2D eigenvalue weighted by Crippen LogP contribution is 2.30. The minimum Gasteiger partial charge on any atom is -0.481 e. The maximum Gasteiger partial charge on any atom is 0.321 e. The normalized spacial score (nSPS) is 19.4. The maximum atomic E-state index is 12.4. The Morgan fingerprint density at radius 2 is 2.00 bits per heavy atom. The summed E-state index contributed by atoms with van der Waals surface area (Å²) in [7, 11) is 0. The second-order valence-electron chi connectivity index (χ2n) is 6.86. The van der Waals surface area contributed by atoms with Gasteiger partial charge in [0.1, 0.15) is 0 Å². The number of aromatic nitrogens is 4. The molecule has 1 atom stereocenters. The Bertz CT molecular complexity index is 1030. The van der Waals surface area contributed by atoms with Crippen molar-refractivity contribution in [2.75, 3.05) is 18.4 Å². The molecule has 4 rings (SSSR count). The number of para-hydroxylation sites is 2. The van der Waals surface area contributed by atoms with Crippen LogP contribution in [0.5, 0.6) is 0 Å². The van der Waals surface area contributed by atoms with E-state index in [9.17, 15) is 14.7 Å². The number of hydrogen-bond donors (Lipinski definition) is 2. The highest BCUT2D eigenvalue weighted by molar-refractivity contribution is 5.90. The van der Waals surface area contributed by atoms with E-state index in [4.69, 9.17) is 0 Å². The Kier molecular flexibility index (Phi) is 3.98. The van der Waals surface area contributed by atoms with Gasteiger partial charge in [0.25, 0.3) is 0 Å². The third kappa shape index (κ3) is 3.19. The van der Waals surface area contributed by atoms with Crippen molar-refractivity contribution in [1.29, 1.82) is 0 Å². The molecule has 1 unspecified atom stereocenters. The molecule has 3 heterocycles. The summed E-state index contributed by atoms with van der Waals surface area (Å²) >= 11 is 0. The van der Waals surface area contributed by atoms with E-state index in [1.807, 2.05) is 24.3 Å². The van der Waals surface area contributed by atoms with E-state index in [0.29, 0.717) is 24.5 Å². The zero-order valence-electron chi connectivity index (χ0n) is 14.7. The topological polar surface area (TPSA) is 113 Å². The molecule has 1 aliphatic heterocycles. The fourth-order valence-electron chi connectivity index (χ4n) is 3.08. The molecule has 0 bridgehead atoms. The molecule has 9 nitrogen and oxygen atoms in total. The van der Waals surface area contributed by atoms with Crippen LogP contribution in [0.25, 0.3) is 16.9 Å². The molecule has 1 saturated heterocycles. The Labute approximate surface area is 154 Å². The number of anilines is 1. The molecule has 1 aromatic carbocycles. The maximum absolute atomic E-state index is 12.4. The van der Waals surface area contributed by atoms with Crippen LogP contribution in [-0.4, -0.2) is 54.8 Å². The van der Waals surface area contributed by atoms with Crippen molar-refractivity contribution in [2.24, 2.45) is 5.41 Å². The number of carbonyl (C=O) groups excluding carboxylic acids is 1. The lowest BCUT2D eigenvalue weighted by Crippen LogP contribution is -2.37. The lowest BCUT2D eigenvalue weighted by atomic mass is 9.90. The van der Waals surface area contributed by atoms with Gasteiger partial charge in [-0.15, -0.1) is 0 Å². The van der Waals surface area contributed by atoms with Crippen molar-refractivity contribution < 1.29 is 14.7 Å². The Morgan fingerprint density at radius 1 is 1.22 bits per heavy atom. The van der Waals surface area contributed by atoms with Gasteiger partial charge in [-0.1, -0.05) is 12.1 Å². The molecule has 0 radical (unpaired) electrons. The number of urea groups is 1. The first-order valence-electron chi connectivity index (χ1n) is 8.51. The number of carboxylic acids is 1. The quantitative estimate of drug-likeness (QED) is 0.734. The smallest absolute Gasteiger partial charge is 0.321 e. The summed E-state index contributed by atoms with van der Waals surface area (Å²) in [6.07, 6.45) is 5.20. The number of carboxylic acid groups (broad SMARTS) is 1. The van der Waals surface area contributed by atoms with E-state index in [1.165, 1.54) is 15.8 Å². The van der Waals surface area contributed by atoms with Gasteiger partial charge >= 0.3 is 12.0 Å². The summed E-state index contributed by atoms with van der Waals surface area (Å²) in [5, 5.41) is 16.2. The number of carbonyl (C=O) groups is 2. The zero-order valence-corrected chi connectivity index (χ0v) is 14.7. The molecule has 27 heavy (non-hydrogen) atoms. The minimum absolute atomic E-state index is 0.179. The van der Waals surface area contributed by atoms with E-state index < -0.39 is 11.4 Å². The number of fused-ring (bicyclic) bond motifs is 1. The van der Waals surface area contributed by atoms with Crippen molar-refractivity contribution in [3.05, 3.63) is 42.9 Å². The number of likely N-dealkylation sites (tertiary alicyclic amines) is 1. The molecule has 0 saturated carbocycles. The molecule has 138 valence electrons. The fourth-order valence-corrected chi connectivity index (χ4v) is 3.08. The molecular weight excluding hydrogens is 348 g/mol. The van der Waals surface area contributed by atoms with Gasteiger partial charge in [-0.3, -0.25) is 9.78 Å². The first-order chi connectivity index (χ1) is 12.9. The van der Waals surface area contributed by atoms with Gasteiger partial charge in [-0.2, -0.15) is 5.10 Å². The van der Waals surface area contributed by atoms with Crippen LogP contribution < -0.4 is 5.32 Å². The standard InChI is InChI=1S/C18H18N6O3/c1-18(16(25)26)6-7-23(11-18)17(27)21-12-8-20-24(10-12)15-9-19-13-4-2-3-5-14(13)22-15/h2-5,8-10H,6-7,11H2,1H3,(H,21,27)(H,25,26). The van der Waals surface area contributed by atoms with Gasteiger partial charge in [0.05, 0.1) is 40.7 Å². The third-order valence-corrected chi connectivity index (χ3v) is 4.78. The Morgan fingerprint density at radius 3 is 2.74 bits per heavy atom. The molecule has 3 aromatic rings. The molecule has 2 amide bonds. The van der Waals surface area contributed by atoms with Crippen LogP contribution in [0.4, 0.5) is 10.5 Å². The Hall–Kier alpha value is -3.49. The average Bonchev–Trinajstić information content (AvgIpc) is 3.29. The van der Waals surface area contributed by atoms with E-state index in [2.05, 4.69) is 20.4 Å². The molecule has 0 spiro atoms. The zero-order chi connectivity index (χ0) is 19.0.